The first-order valence-corrected chi connectivity index (χ1v) is 10.9. The lowest BCUT2D eigenvalue weighted by molar-refractivity contribution is -0.129. The molecule has 0 aliphatic carbocycles. The second-order valence-electron chi connectivity index (χ2n) is 8.13. The molecular formula is C26H28N2O4. The van der Waals surface area contributed by atoms with Gasteiger partial charge in [-0.15, -0.1) is 0 Å². The van der Waals surface area contributed by atoms with Crippen LogP contribution in [0.2, 0.25) is 0 Å². The molecule has 166 valence electrons. The molecular weight excluding hydrogens is 404 g/mol. The van der Waals surface area contributed by atoms with Crippen LogP contribution in [0, 0.1) is 0 Å². The van der Waals surface area contributed by atoms with Crippen molar-refractivity contribution < 1.29 is 19.4 Å². The molecule has 1 aliphatic heterocycles. The highest BCUT2D eigenvalue weighted by atomic mass is 16.5. The number of nitrogens with zero attached hydrogens (tertiary/aromatic N) is 2. The summed E-state index contributed by atoms with van der Waals surface area (Å²) >= 11 is 0. The van der Waals surface area contributed by atoms with E-state index in [-0.39, 0.29) is 17.8 Å². The number of aryl methyl sites for hydroxylation is 2. The average Bonchev–Trinajstić information content (AvgIpc) is 3.27. The maximum absolute atomic E-state index is 13.3. The number of fused-ring (bicyclic) bond motifs is 1. The number of hydrogen-bond donors (Lipinski definition) is 1. The summed E-state index contributed by atoms with van der Waals surface area (Å²) < 4.78 is 7.15. The quantitative estimate of drug-likeness (QED) is 0.517. The van der Waals surface area contributed by atoms with Crippen molar-refractivity contribution >= 4 is 22.6 Å². The lowest BCUT2D eigenvalue weighted by Gasteiger charge is -2.26. The molecule has 0 saturated heterocycles. The van der Waals surface area contributed by atoms with Gasteiger partial charge in [-0.25, -0.2) is 0 Å². The van der Waals surface area contributed by atoms with Crippen molar-refractivity contribution in [2.45, 2.75) is 25.3 Å². The third-order valence-corrected chi connectivity index (χ3v) is 6.06. The molecule has 6 heteroatoms. The second kappa shape index (κ2) is 9.40. The minimum absolute atomic E-state index is 0.194. The Balaban J connectivity index is 1.71. The van der Waals surface area contributed by atoms with E-state index in [0.29, 0.717) is 26.0 Å². The van der Waals surface area contributed by atoms with Crippen molar-refractivity contribution in [2.24, 2.45) is 7.05 Å². The Bertz CT molecular complexity index is 1160. The Morgan fingerprint density at radius 1 is 1.09 bits per heavy atom. The van der Waals surface area contributed by atoms with Crippen LogP contribution in [0.4, 0.5) is 0 Å². The smallest absolute Gasteiger partial charge is 0.290 e. The number of carbonyl (C=O) groups excluding carboxylic acids is 2. The van der Waals surface area contributed by atoms with E-state index < -0.39 is 17.7 Å². The molecule has 1 unspecified atom stereocenters. The predicted molar refractivity (Wildman–Crippen MR) is 123 cm³/mol. The number of benzene rings is 2. The van der Waals surface area contributed by atoms with Gasteiger partial charge in [0.2, 0.25) is 0 Å². The number of amides is 1. The van der Waals surface area contributed by atoms with Crippen LogP contribution in [0.1, 0.15) is 30.0 Å². The van der Waals surface area contributed by atoms with E-state index in [1.165, 1.54) is 0 Å². The number of rotatable bonds is 9. The summed E-state index contributed by atoms with van der Waals surface area (Å²) in [5.74, 6) is -1.13. The van der Waals surface area contributed by atoms with E-state index in [2.05, 4.69) is 0 Å². The highest BCUT2D eigenvalue weighted by Gasteiger charge is 2.43. The Kier molecular flexibility index (Phi) is 6.42. The fraction of sp³-hybridized carbons (Fsp3) is 0.308. The molecule has 2 aromatic carbocycles. The van der Waals surface area contributed by atoms with E-state index in [9.17, 15) is 14.7 Å². The Morgan fingerprint density at radius 2 is 1.81 bits per heavy atom. The third-order valence-electron chi connectivity index (χ3n) is 6.06. The molecule has 0 spiro atoms. The van der Waals surface area contributed by atoms with E-state index in [1.807, 2.05) is 72.4 Å². The Labute approximate surface area is 187 Å². The molecule has 0 fully saturated rings. The molecule has 1 atom stereocenters. The van der Waals surface area contributed by atoms with Crippen molar-refractivity contribution in [3.8, 4) is 0 Å². The first kappa shape index (κ1) is 21.8. The summed E-state index contributed by atoms with van der Waals surface area (Å²) in [4.78, 5) is 28.0. The van der Waals surface area contributed by atoms with Gasteiger partial charge in [0.25, 0.3) is 5.91 Å². The normalized spacial score (nSPS) is 16.4. The summed E-state index contributed by atoms with van der Waals surface area (Å²) in [5, 5.41) is 11.8. The van der Waals surface area contributed by atoms with Crippen LogP contribution in [0.3, 0.4) is 0 Å². The van der Waals surface area contributed by atoms with Crippen LogP contribution < -0.4 is 0 Å². The zero-order valence-electron chi connectivity index (χ0n) is 18.5. The van der Waals surface area contributed by atoms with Gasteiger partial charge in [-0.05, 0) is 24.5 Å². The predicted octanol–water partition coefficient (Wildman–Crippen LogP) is 4.11. The molecule has 1 N–H and O–H groups in total. The molecule has 1 aromatic heterocycles. The Hall–Kier alpha value is -3.38. The van der Waals surface area contributed by atoms with Gasteiger partial charge in [0, 0.05) is 56.4 Å². The van der Waals surface area contributed by atoms with Gasteiger partial charge in [-0.2, -0.15) is 0 Å². The molecule has 0 bridgehead atoms. The first-order chi connectivity index (χ1) is 15.5. The summed E-state index contributed by atoms with van der Waals surface area (Å²) in [7, 11) is 3.56. The van der Waals surface area contributed by atoms with Crippen LogP contribution in [-0.4, -0.2) is 46.5 Å². The number of carbonyl (C=O) groups is 2. The molecule has 4 rings (SSSR count). The molecule has 1 amide bonds. The number of Topliss-reactive ketones (excluding diaryl/α,β-unsaturated/α-hetero) is 1. The fourth-order valence-corrected chi connectivity index (χ4v) is 4.50. The maximum atomic E-state index is 13.3. The standard InChI is InChI=1S/C26H28N2O4/c1-27-17-20(19-11-6-7-12-21(19)27)24-23(22(29)14-13-18-9-4-3-5-10-18)25(30)26(31)28(24)15-8-16-32-2/h3-7,9-12,17,24,30H,8,13-16H2,1-2H3. The van der Waals surface area contributed by atoms with Gasteiger partial charge in [-0.1, -0.05) is 48.5 Å². The highest BCUT2D eigenvalue weighted by molar-refractivity contribution is 6.09. The minimum Gasteiger partial charge on any atom is -0.503 e. The van der Waals surface area contributed by atoms with E-state index in [4.69, 9.17) is 4.74 Å². The minimum atomic E-state index is -0.617. The van der Waals surface area contributed by atoms with Crippen LogP contribution in [-0.2, 0) is 27.8 Å². The van der Waals surface area contributed by atoms with Crippen molar-refractivity contribution in [1.29, 1.82) is 0 Å². The number of aromatic nitrogens is 1. The van der Waals surface area contributed by atoms with Gasteiger partial charge in [0.1, 0.15) is 0 Å². The third kappa shape index (κ3) is 4.06. The average molecular weight is 433 g/mol. The largest absolute Gasteiger partial charge is 0.503 e. The molecule has 0 radical (unpaired) electrons. The number of ether oxygens (including phenoxy) is 1. The number of hydrogen-bond acceptors (Lipinski definition) is 4. The van der Waals surface area contributed by atoms with Crippen molar-refractivity contribution in [2.75, 3.05) is 20.3 Å². The maximum Gasteiger partial charge on any atom is 0.290 e. The summed E-state index contributed by atoms with van der Waals surface area (Å²) in [6.45, 7) is 0.879. The van der Waals surface area contributed by atoms with Crippen LogP contribution in [0.25, 0.3) is 10.9 Å². The summed E-state index contributed by atoms with van der Waals surface area (Å²) in [5.41, 5.74) is 3.10. The van der Waals surface area contributed by atoms with Gasteiger partial charge in [0.05, 0.1) is 11.6 Å². The number of ketones is 1. The van der Waals surface area contributed by atoms with Gasteiger partial charge in [0.15, 0.2) is 11.5 Å². The van der Waals surface area contributed by atoms with Crippen molar-refractivity contribution in [1.82, 2.24) is 9.47 Å². The molecule has 6 nitrogen and oxygen atoms in total. The van der Waals surface area contributed by atoms with Gasteiger partial charge >= 0.3 is 0 Å². The molecule has 1 aliphatic rings. The topological polar surface area (TPSA) is 71.8 Å². The van der Waals surface area contributed by atoms with E-state index in [0.717, 1.165) is 22.0 Å². The lowest BCUT2D eigenvalue weighted by atomic mass is 9.93. The second-order valence-corrected chi connectivity index (χ2v) is 8.13. The molecule has 3 aromatic rings. The number of methoxy groups -OCH3 is 1. The van der Waals surface area contributed by atoms with Crippen LogP contribution >= 0.6 is 0 Å². The molecule has 32 heavy (non-hydrogen) atoms. The summed E-state index contributed by atoms with van der Waals surface area (Å²) in [6.07, 6.45) is 3.34. The van der Waals surface area contributed by atoms with E-state index >= 15 is 0 Å². The van der Waals surface area contributed by atoms with Crippen molar-refractivity contribution in [3.05, 3.63) is 83.3 Å². The van der Waals surface area contributed by atoms with Crippen LogP contribution in [0.15, 0.2) is 72.1 Å². The SMILES string of the molecule is COCCCN1C(=O)C(O)=C(C(=O)CCc2ccccc2)C1c1cn(C)c2ccccc12. The molecule has 0 saturated carbocycles. The zero-order valence-corrected chi connectivity index (χ0v) is 18.5. The zero-order chi connectivity index (χ0) is 22.7. The Morgan fingerprint density at radius 3 is 2.56 bits per heavy atom. The van der Waals surface area contributed by atoms with Crippen molar-refractivity contribution in [3.63, 3.8) is 0 Å². The lowest BCUT2D eigenvalue weighted by Crippen LogP contribution is -2.32. The fourth-order valence-electron chi connectivity index (χ4n) is 4.50. The van der Waals surface area contributed by atoms with E-state index in [1.54, 1.807) is 12.0 Å². The number of aliphatic hydroxyl groups is 1. The van der Waals surface area contributed by atoms with Gasteiger partial charge in [-0.3, -0.25) is 9.59 Å². The number of para-hydroxylation sites is 1. The van der Waals surface area contributed by atoms with Crippen LogP contribution in [0.5, 0.6) is 0 Å². The monoisotopic (exact) mass is 432 g/mol. The van der Waals surface area contributed by atoms with Gasteiger partial charge < -0.3 is 19.3 Å². The summed E-state index contributed by atoms with van der Waals surface area (Å²) in [6, 6.07) is 17.0. The highest BCUT2D eigenvalue weighted by Crippen LogP contribution is 2.41. The number of aliphatic hydroxyl groups excluding tert-OH is 1. The molecule has 2 heterocycles. The first-order valence-electron chi connectivity index (χ1n) is 10.9.